The van der Waals surface area contributed by atoms with E-state index in [0.717, 1.165) is 58.0 Å². The third-order valence-electron chi connectivity index (χ3n) is 6.82. The van der Waals surface area contributed by atoms with Gasteiger partial charge in [-0.05, 0) is 75.1 Å². The van der Waals surface area contributed by atoms with Gasteiger partial charge in [-0.25, -0.2) is 0 Å². The second-order valence-corrected chi connectivity index (χ2v) is 9.00. The number of carbonyl (C=O) groups excluding carboxylic acids is 3. The molecule has 0 aromatic heterocycles. The third kappa shape index (κ3) is 5.20. The lowest BCUT2D eigenvalue weighted by Crippen LogP contribution is -2.55. The first-order chi connectivity index (χ1) is 15.1. The smallest absolute Gasteiger partial charge is 0.251 e. The molecule has 7 heteroatoms. The van der Waals surface area contributed by atoms with E-state index in [9.17, 15) is 14.4 Å². The average molecular weight is 428 g/mol. The maximum absolute atomic E-state index is 13.4. The lowest BCUT2D eigenvalue weighted by Gasteiger charge is -2.38. The first kappa shape index (κ1) is 21.7. The van der Waals surface area contributed by atoms with Crippen molar-refractivity contribution in [2.45, 2.75) is 51.0 Å². The molecule has 3 amide bonds. The molecule has 0 spiro atoms. The van der Waals surface area contributed by atoms with E-state index in [1.54, 1.807) is 31.4 Å². The fourth-order valence-corrected chi connectivity index (χ4v) is 4.70. The van der Waals surface area contributed by atoms with Crippen LogP contribution in [0.1, 0.15) is 55.3 Å². The largest absolute Gasteiger partial charge is 0.497 e. The summed E-state index contributed by atoms with van der Waals surface area (Å²) in [7, 11) is 1.59. The van der Waals surface area contributed by atoms with Gasteiger partial charge in [0.2, 0.25) is 11.8 Å². The van der Waals surface area contributed by atoms with E-state index in [1.807, 2.05) is 9.80 Å². The van der Waals surface area contributed by atoms with Crippen molar-refractivity contribution in [3.8, 4) is 5.75 Å². The Labute approximate surface area is 184 Å². The van der Waals surface area contributed by atoms with Crippen molar-refractivity contribution in [2.75, 3.05) is 33.3 Å². The lowest BCUT2D eigenvalue weighted by molar-refractivity contribution is -0.137. The van der Waals surface area contributed by atoms with Crippen molar-refractivity contribution in [2.24, 2.45) is 11.8 Å². The van der Waals surface area contributed by atoms with Gasteiger partial charge >= 0.3 is 0 Å². The summed E-state index contributed by atoms with van der Waals surface area (Å²) in [5, 5.41) is 3.04. The molecule has 1 aliphatic carbocycles. The van der Waals surface area contributed by atoms with Gasteiger partial charge < -0.3 is 19.9 Å². The summed E-state index contributed by atoms with van der Waals surface area (Å²) in [6.45, 7) is 2.85. The van der Waals surface area contributed by atoms with Crippen molar-refractivity contribution in [3.63, 3.8) is 0 Å². The topological polar surface area (TPSA) is 79.0 Å². The highest BCUT2D eigenvalue weighted by molar-refractivity contribution is 5.97. The van der Waals surface area contributed by atoms with E-state index in [1.165, 1.54) is 0 Å². The van der Waals surface area contributed by atoms with E-state index in [0.29, 0.717) is 24.4 Å². The number of methoxy groups -OCH3 is 1. The minimum atomic E-state index is -0.550. The van der Waals surface area contributed by atoms with Crippen molar-refractivity contribution >= 4 is 17.7 Å². The quantitative estimate of drug-likeness (QED) is 0.756. The van der Waals surface area contributed by atoms with E-state index in [4.69, 9.17) is 4.74 Å². The van der Waals surface area contributed by atoms with Gasteiger partial charge in [0.25, 0.3) is 5.91 Å². The van der Waals surface area contributed by atoms with Gasteiger partial charge in [-0.1, -0.05) is 0 Å². The molecular formula is C24H33N3O4. The predicted octanol–water partition coefficient (Wildman–Crippen LogP) is 2.45. The van der Waals surface area contributed by atoms with Crippen LogP contribution >= 0.6 is 0 Å². The highest BCUT2D eigenvalue weighted by Crippen LogP contribution is 2.33. The van der Waals surface area contributed by atoms with Crippen LogP contribution in [0, 0.1) is 11.8 Å². The second kappa shape index (κ2) is 9.71. The maximum atomic E-state index is 13.4. The van der Waals surface area contributed by atoms with Crippen LogP contribution in [-0.4, -0.2) is 66.9 Å². The second-order valence-electron chi connectivity index (χ2n) is 9.00. The Morgan fingerprint density at radius 2 is 1.55 bits per heavy atom. The van der Waals surface area contributed by atoms with Crippen LogP contribution in [-0.2, 0) is 9.59 Å². The molecular weight excluding hydrogens is 394 g/mol. The van der Waals surface area contributed by atoms with Crippen molar-refractivity contribution in [1.29, 1.82) is 0 Å². The highest BCUT2D eigenvalue weighted by Gasteiger charge is 2.39. The number of carbonyl (C=O) groups is 3. The van der Waals surface area contributed by atoms with Crippen molar-refractivity contribution in [1.82, 2.24) is 15.1 Å². The Morgan fingerprint density at radius 1 is 0.903 bits per heavy atom. The molecule has 1 saturated carbocycles. The molecule has 0 bridgehead atoms. The molecule has 2 saturated heterocycles. The van der Waals surface area contributed by atoms with Crippen LogP contribution in [0.3, 0.4) is 0 Å². The number of piperidine rings is 2. The number of nitrogens with zero attached hydrogens (tertiary/aromatic N) is 2. The summed E-state index contributed by atoms with van der Waals surface area (Å²) in [6.07, 6.45) is 6.67. The number of rotatable bonds is 6. The Hall–Kier alpha value is -2.57. The standard InChI is InChI=1S/C24H33N3O4/c1-31-20-9-7-18(8-10-20)22(28)25-21(24(30)26-13-3-2-4-14-26)17-11-15-27(16-12-17)23(29)19-5-6-19/h7-10,17,19,21H,2-6,11-16H2,1H3,(H,25,28). The highest BCUT2D eigenvalue weighted by atomic mass is 16.5. The number of nitrogens with one attached hydrogen (secondary N) is 1. The van der Waals surface area contributed by atoms with Gasteiger partial charge in [0.05, 0.1) is 7.11 Å². The predicted molar refractivity (Wildman–Crippen MR) is 117 cm³/mol. The first-order valence-corrected chi connectivity index (χ1v) is 11.6. The van der Waals surface area contributed by atoms with Crippen LogP contribution in [0.25, 0.3) is 0 Å². The molecule has 1 N–H and O–H groups in total. The van der Waals surface area contributed by atoms with Gasteiger partial charge in [-0.15, -0.1) is 0 Å². The molecule has 0 radical (unpaired) electrons. The summed E-state index contributed by atoms with van der Waals surface area (Å²) in [5.74, 6) is 0.991. The van der Waals surface area contributed by atoms with Gasteiger partial charge in [-0.3, -0.25) is 14.4 Å². The molecule has 168 valence electrons. The number of ether oxygens (including phenoxy) is 1. The Balaban J connectivity index is 1.45. The molecule has 1 atom stereocenters. The number of likely N-dealkylation sites (tertiary alicyclic amines) is 2. The normalized spacial score (nSPS) is 20.8. The maximum Gasteiger partial charge on any atom is 0.251 e. The van der Waals surface area contributed by atoms with E-state index >= 15 is 0 Å². The zero-order valence-electron chi connectivity index (χ0n) is 18.3. The summed E-state index contributed by atoms with van der Waals surface area (Å²) in [4.78, 5) is 42.6. The van der Waals surface area contributed by atoms with Crippen LogP contribution in [0.5, 0.6) is 5.75 Å². The van der Waals surface area contributed by atoms with Gasteiger partial charge in [0, 0.05) is 37.7 Å². The summed E-state index contributed by atoms with van der Waals surface area (Å²) in [6, 6.07) is 6.38. The summed E-state index contributed by atoms with van der Waals surface area (Å²) >= 11 is 0. The molecule has 2 heterocycles. The number of benzene rings is 1. The summed E-state index contributed by atoms with van der Waals surface area (Å²) in [5.41, 5.74) is 0.513. The Kier molecular flexibility index (Phi) is 6.78. The zero-order chi connectivity index (χ0) is 21.8. The molecule has 1 aromatic carbocycles. The summed E-state index contributed by atoms with van der Waals surface area (Å²) < 4.78 is 5.17. The monoisotopic (exact) mass is 427 g/mol. The molecule has 2 aliphatic heterocycles. The molecule has 1 unspecified atom stereocenters. The lowest BCUT2D eigenvalue weighted by atomic mass is 9.87. The Morgan fingerprint density at radius 3 is 2.13 bits per heavy atom. The molecule has 7 nitrogen and oxygen atoms in total. The number of amides is 3. The minimum absolute atomic E-state index is 0.0218. The van der Waals surface area contributed by atoms with Crippen molar-refractivity contribution in [3.05, 3.63) is 29.8 Å². The fourth-order valence-electron chi connectivity index (χ4n) is 4.70. The number of hydrogen-bond donors (Lipinski definition) is 1. The van der Waals surface area contributed by atoms with E-state index in [-0.39, 0.29) is 29.6 Å². The van der Waals surface area contributed by atoms with E-state index in [2.05, 4.69) is 5.32 Å². The van der Waals surface area contributed by atoms with Crippen molar-refractivity contribution < 1.29 is 19.1 Å². The van der Waals surface area contributed by atoms with Crippen LogP contribution < -0.4 is 10.1 Å². The van der Waals surface area contributed by atoms with Crippen LogP contribution in [0.15, 0.2) is 24.3 Å². The van der Waals surface area contributed by atoms with Gasteiger partial charge in [0.1, 0.15) is 11.8 Å². The number of hydrogen-bond acceptors (Lipinski definition) is 4. The molecule has 31 heavy (non-hydrogen) atoms. The van der Waals surface area contributed by atoms with Gasteiger partial charge in [0.15, 0.2) is 0 Å². The minimum Gasteiger partial charge on any atom is -0.497 e. The van der Waals surface area contributed by atoms with Crippen LogP contribution in [0.2, 0.25) is 0 Å². The van der Waals surface area contributed by atoms with E-state index < -0.39 is 6.04 Å². The first-order valence-electron chi connectivity index (χ1n) is 11.6. The van der Waals surface area contributed by atoms with Crippen LogP contribution in [0.4, 0.5) is 0 Å². The van der Waals surface area contributed by atoms with Gasteiger partial charge in [-0.2, -0.15) is 0 Å². The third-order valence-corrected chi connectivity index (χ3v) is 6.82. The molecule has 4 rings (SSSR count). The average Bonchev–Trinajstić information content (AvgIpc) is 3.68. The molecule has 3 fully saturated rings. The fraction of sp³-hybridized carbons (Fsp3) is 0.625. The zero-order valence-corrected chi connectivity index (χ0v) is 18.3. The molecule has 3 aliphatic rings. The molecule has 1 aromatic rings. The SMILES string of the molecule is COc1ccc(C(=O)NC(C(=O)N2CCCCC2)C2CCN(C(=O)C3CC3)CC2)cc1. The Bertz CT molecular complexity index is 792.